The van der Waals surface area contributed by atoms with Crippen molar-refractivity contribution in [2.75, 3.05) is 6.54 Å². The number of rotatable bonds is 4. The van der Waals surface area contributed by atoms with Gasteiger partial charge >= 0.3 is 0 Å². The van der Waals surface area contributed by atoms with Crippen molar-refractivity contribution in [2.24, 2.45) is 5.92 Å². The van der Waals surface area contributed by atoms with Gasteiger partial charge in [-0.25, -0.2) is 0 Å². The van der Waals surface area contributed by atoms with Crippen LogP contribution in [0.5, 0.6) is 0 Å². The number of benzene rings is 1. The van der Waals surface area contributed by atoms with E-state index in [1.54, 1.807) is 6.07 Å². The van der Waals surface area contributed by atoms with Crippen LogP contribution in [-0.2, 0) is 4.79 Å². The van der Waals surface area contributed by atoms with Crippen molar-refractivity contribution in [3.05, 3.63) is 35.4 Å². The van der Waals surface area contributed by atoms with Crippen molar-refractivity contribution in [3.63, 3.8) is 0 Å². The fourth-order valence-electron chi connectivity index (χ4n) is 2.84. The van der Waals surface area contributed by atoms with Gasteiger partial charge < -0.3 is 10.6 Å². The van der Waals surface area contributed by atoms with Crippen molar-refractivity contribution < 1.29 is 9.59 Å². The van der Waals surface area contributed by atoms with E-state index in [2.05, 4.69) is 17.6 Å². The molecule has 114 valence electrons. The maximum Gasteiger partial charge on any atom is 0.251 e. The molecule has 2 atom stereocenters. The summed E-state index contributed by atoms with van der Waals surface area (Å²) in [4.78, 5) is 23.9. The van der Waals surface area contributed by atoms with Crippen molar-refractivity contribution in [3.8, 4) is 0 Å². The van der Waals surface area contributed by atoms with Crippen molar-refractivity contribution in [2.45, 2.75) is 45.6 Å². The molecule has 2 N–H and O–H groups in total. The van der Waals surface area contributed by atoms with Gasteiger partial charge in [0.15, 0.2) is 0 Å². The van der Waals surface area contributed by atoms with Gasteiger partial charge in [0.2, 0.25) is 5.91 Å². The molecular formula is C17H24N2O2. The van der Waals surface area contributed by atoms with E-state index < -0.39 is 0 Å². The Bertz CT molecular complexity index is 513. The lowest BCUT2D eigenvalue weighted by Gasteiger charge is -2.29. The molecule has 0 bridgehead atoms. The molecule has 1 saturated carbocycles. The Morgan fingerprint density at radius 1 is 1.24 bits per heavy atom. The summed E-state index contributed by atoms with van der Waals surface area (Å²) >= 11 is 0. The zero-order valence-corrected chi connectivity index (χ0v) is 12.8. The highest BCUT2D eigenvalue weighted by Crippen LogP contribution is 2.23. The van der Waals surface area contributed by atoms with E-state index in [0.717, 1.165) is 12.0 Å². The SMILES string of the molecule is Cc1cccc(C(=O)NCC(=O)N[C@@H]2CCCC[C@@H]2C)c1. The fraction of sp³-hybridized carbons (Fsp3) is 0.529. The number of nitrogens with one attached hydrogen (secondary N) is 2. The van der Waals surface area contributed by atoms with Crippen LogP contribution in [0.4, 0.5) is 0 Å². The predicted molar refractivity (Wildman–Crippen MR) is 83.1 cm³/mol. The monoisotopic (exact) mass is 288 g/mol. The molecule has 1 fully saturated rings. The van der Waals surface area contributed by atoms with Gasteiger partial charge in [-0.2, -0.15) is 0 Å². The summed E-state index contributed by atoms with van der Waals surface area (Å²) in [6.45, 7) is 4.15. The molecule has 0 aliphatic heterocycles. The molecule has 2 rings (SSSR count). The molecule has 0 saturated heterocycles. The number of aryl methyl sites for hydroxylation is 1. The minimum absolute atomic E-state index is 0.0377. The molecule has 4 heteroatoms. The van der Waals surface area contributed by atoms with Gasteiger partial charge in [-0.3, -0.25) is 9.59 Å². The molecule has 0 unspecified atom stereocenters. The van der Waals surface area contributed by atoms with Crippen LogP contribution in [-0.4, -0.2) is 24.4 Å². The molecule has 0 aromatic heterocycles. The largest absolute Gasteiger partial charge is 0.352 e. The van der Waals surface area contributed by atoms with Crippen molar-refractivity contribution >= 4 is 11.8 Å². The second-order valence-corrected chi connectivity index (χ2v) is 5.99. The van der Waals surface area contributed by atoms with Crippen LogP contribution in [0.2, 0.25) is 0 Å². The average molecular weight is 288 g/mol. The van der Waals surface area contributed by atoms with Gasteiger partial charge in [0.1, 0.15) is 0 Å². The lowest BCUT2D eigenvalue weighted by Crippen LogP contribution is -2.45. The van der Waals surface area contributed by atoms with Crippen molar-refractivity contribution in [1.29, 1.82) is 0 Å². The normalized spacial score (nSPS) is 21.6. The molecule has 0 radical (unpaired) electrons. The van der Waals surface area contributed by atoms with Gasteiger partial charge in [-0.15, -0.1) is 0 Å². The summed E-state index contributed by atoms with van der Waals surface area (Å²) in [5.41, 5.74) is 1.62. The quantitative estimate of drug-likeness (QED) is 0.894. The summed E-state index contributed by atoms with van der Waals surface area (Å²) in [5, 5.41) is 5.71. The molecule has 21 heavy (non-hydrogen) atoms. The lowest BCUT2D eigenvalue weighted by atomic mass is 9.86. The van der Waals surface area contributed by atoms with E-state index in [0.29, 0.717) is 11.5 Å². The smallest absolute Gasteiger partial charge is 0.251 e. The van der Waals surface area contributed by atoms with E-state index >= 15 is 0 Å². The Balaban J connectivity index is 1.79. The third kappa shape index (κ3) is 4.59. The fourth-order valence-corrected chi connectivity index (χ4v) is 2.84. The van der Waals surface area contributed by atoms with Crippen LogP contribution in [0, 0.1) is 12.8 Å². The number of amides is 2. The first kappa shape index (κ1) is 15.5. The maximum atomic E-state index is 12.0. The Labute approximate surface area is 126 Å². The maximum absolute atomic E-state index is 12.0. The molecule has 0 heterocycles. The van der Waals surface area contributed by atoms with Crippen LogP contribution < -0.4 is 10.6 Å². The summed E-state index contributed by atoms with van der Waals surface area (Å²) in [6.07, 6.45) is 4.63. The molecule has 1 aromatic rings. The van der Waals surface area contributed by atoms with E-state index in [1.807, 2.05) is 25.1 Å². The van der Waals surface area contributed by atoms with Crippen LogP contribution in [0.3, 0.4) is 0 Å². The summed E-state index contributed by atoms with van der Waals surface area (Å²) in [7, 11) is 0. The Morgan fingerprint density at radius 3 is 2.71 bits per heavy atom. The number of carbonyl (C=O) groups is 2. The second-order valence-electron chi connectivity index (χ2n) is 5.99. The van der Waals surface area contributed by atoms with E-state index in [9.17, 15) is 9.59 Å². The summed E-state index contributed by atoms with van der Waals surface area (Å²) in [6, 6.07) is 7.60. The van der Waals surface area contributed by atoms with Gasteiger partial charge in [0, 0.05) is 11.6 Å². The molecule has 0 spiro atoms. The van der Waals surface area contributed by atoms with Crippen LogP contribution in [0.25, 0.3) is 0 Å². The van der Waals surface area contributed by atoms with Crippen LogP contribution in [0.15, 0.2) is 24.3 Å². The standard InChI is InChI=1S/C17H24N2O2/c1-12-6-5-8-14(10-12)17(21)18-11-16(20)19-15-9-4-3-7-13(15)2/h5-6,8,10,13,15H,3-4,7,9,11H2,1-2H3,(H,18,21)(H,19,20)/t13-,15+/m0/s1. The summed E-state index contributed by atoms with van der Waals surface area (Å²) < 4.78 is 0. The minimum Gasteiger partial charge on any atom is -0.352 e. The molecule has 1 aliphatic rings. The Morgan fingerprint density at radius 2 is 2.00 bits per heavy atom. The molecule has 1 aliphatic carbocycles. The number of carbonyl (C=O) groups excluding carboxylic acids is 2. The first-order chi connectivity index (χ1) is 10.1. The Hall–Kier alpha value is -1.84. The van der Waals surface area contributed by atoms with Crippen molar-refractivity contribution in [1.82, 2.24) is 10.6 Å². The highest BCUT2D eigenvalue weighted by Gasteiger charge is 2.22. The first-order valence-corrected chi connectivity index (χ1v) is 7.70. The first-order valence-electron chi connectivity index (χ1n) is 7.70. The van der Waals surface area contributed by atoms with E-state index in [-0.39, 0.29) is 24.4 Å². The topological polar surface area (TPSA) is 58.2 Å². The predicted octanol–water partition coefficient (Wildman–Crippen LogP) is 2.42. The number of hydrogen-bond donors (Lipinski definition) is 2. The third-order valence-electron chi connectivity index (χ3n) is 4.15. The van der Waals surface area contributed by atoms with E-state index in [4.69, 9.17) is 0 Å². The van der Waals surface area contributed by atoms with Crippen LogP contribution >= 0.6 is 0 Å². The average Bonchev–Trinajstić information content (AvgIpc) is 2.47. The third-order valence-corrected chi connectivity index (χ3v) is 4.15. The molecule has 4 nitrogen and oxygen atoms in total. The second kappa shape index (κ2) is 7.25. The van der Waals surface area contributed by atoms with Crippen LogP contribution in [0.1, 0.15) is 48.5 Å². The molecular weight excluding hydrogens is 264 g/mol. The highest BCUT2D eigenvalue weighted by molar-refractivity contribution is 5.96. The molecule has 2 amide bonds. The zero-order valence-electron chi connectivity index (χ0n) is 12.8. The van der Waals surface area contributed by atoms with Gasteiger partial charge in [-0.05, 0) is 37.8 Å². The van der Waals surface area contributed by atoms with Gasteiger partial charge in [0.05, 0.1) is 6.54 Å². The Kier molecular flexibility index (Phi) is 5.37. The number of hydrogen-bond acceptors (Lipinski definition) is 2. The summed E-state index contributed by atoms with van der Waals surface area (Å²) in [5.74, 6) is 0.218. The minimum atomic E-state index is -0.203. The molecule has 1 aromatic carbocycles. The van der Waals surface area contributed by atoms with Gasteiger partial charge in [0.25, 0.3) is 5.91 Å². The van der Waals surface area contributed by atoms with Gasteiger partial charge in [-0.1, -0.05) is 37.5 Å². The lowest BCUT2D eigenvalue weighted by molar-refractivity contribution is -0.121. The highest BCUT2D eigenvalue weighted by atomic mass is 16.2. The zero-order chi connectivity index (χ0) is 15.2. The van der Waals surface area contributed by atoms with E-state index in [1.165, 1.54) is 19.3 Å².